The third-order valence-corrected chi connectivity index (χ3v) is 4.65. The standard InChI is InChI=1S/C17H11ClF2N6S/c1-9-15(23-25-26(9)14-8-11(19)4-7-13(14)20)16-22-17(27-24-16)21-12-5-2-10(18)3-6-12/h2-8H,1H3,(H,21,22,24). The van der Waals surface area contributed by atoms with Crippen LogP contribution in [0.3, 0.4) is 0 Å². The minimum atomic E-state index is -0.604. The van der Waals surface area contributed by atoms with E-state index in [2.05, 4.69) is 25.0 Å². The molecule has 0 aliphatic carbocycles. The van der Waals surface area contributed by atoms with E-state index >= 15 is 0 Å². The highest BCUT2D eigenvalue weighted by molar-refractivity contribution is 7.09. The summed E-state index contributed by atoms with van der Waals surface area (Å²) < 4.78 is 33.0. The van der Waals surface area contributed by atoms with Crippen LogP contribution in [0.4, 0.5) is 19.6 Å². The molecule has 0 spiro atoms. The van der Waals surface area contributed by atoms with Gasteiger partial charge in [0.15, 0.2) is 11.5 Å². The molecule has 6 nitrogen and oxygen atoms in total. The Morgan fingerprint density at radius 3 is 2.67 bits per heavy atom. The zero-order valence-electron chi connectivity index (χ0n) is 13.8. The average molecular weight is 405 g/mol. The zero-order valence-corrected chi connectivity index (χ0v) is 15.4. The smallest absolute Gasteiger partial charge is 0.207 e. The van der Waals surface area contributed by atoms with Gasteiger partial charge in [-0.25, -0.2) is 13.5 Å². The molecule has 0 unspecified atom stereocenters. The van der Waals surface area contributed by atoms with Gasteiger partial charge in [0.1, 0.15) is 17.3 Å². The lowest BCUT2D eigenvalue weighted by atomic mass is 10.2. The van der Waals surface area contributed by atoms with E-state index in [9.17, 15) is 8.78 Å². The van der Waals surface area contributed by atoms with Crippen molar-refractivity contribution in [1.29, 1.82) is 0 Å². The summed E-state index contributed by atoms with van der Waals surface area (Å²) in [5, 5.41) is 12.2. The van der Waals surface area contributed by atoms with Crippen LogP contribution in [0.1, 0.15) is 5.69 Å². The largest absolute Gasteiger partial charge is 0.330 e. The van der Waals surface area contributed by atoms with Crippen LogP contribution in [0.25, 0.3) is 17.2 Å². The van der Waals surface area contributed by atoms with Gasteiger partial charge < -0.3 is 5.32 Å². The van der Waals surface area contributed by atoms with Gasteiger partial charge in [-0.15, -0.1) is 5.10 Å². The summed E-state index contributed by atoms with van der Waals surface area (Å²) in [6.45, 7) is 1.69. The predicted molar refractivity (Wildman–Crippen MR) is 99.6 cm³/mol. The maximum atomic E-state index is 14.0. The quantitative estimate of drug-likeness (QED) is 0.530. The molecule has 0 saturated carbocycles. The summed E-state index contributed by atoms with van der Waals surface area (Å²) in [7, 11) is 0. The first-order valence-electron chi connectivity index (χ1n) is 7.75. The van der Waals surface area contributed by atoms with Crippen LogP contribution in [-0.4, -0.2) is 24.4 Å². The molecule has 0 saturated heterocycles. The molecule has 0 fully saturated rings. The number of benzene rings is 2. The summed E-state index contributed by atoms with van der Waals surface area (Å²) in [6.07, 6.45) is 0. The van der Waals surface area contributed by atoms with Crippen molar-refractivity contribution in [2.45, 2.75) is 6.92 Å². The summed E-state index contributed by atoms with van der Waals surface area (Å²) in [5.41, 5.74) is 1.67. The van der Waals surface area contributed by atoms with Gasteiger partial charge >= 0.3 is 0 Å². The first-order valence-corrected chi connectivity index (χ1v) is 8.91. The lowest BCUT2D eigenvalue weighted by Crippen LogP contribution is -2.03. The van der Waals surface area contributed by atoms with Crippen LogP contribution in [-0.2, 0) is 0 Å². The van der Waals surface area contributed by atoms with Crippen molar-refractivity contribution in [2.75, 3.05) is 5.32 Å². The topological polar surface area (TPSA) is 68.5 Å². The fourth-order valence-corrected chi connectivity index (χ4v) is 3.16. The number of nitrogens with one attached hydrogen (secondary N) is 1. The van der Waals surface area contributed by atoms with Crippen molar-refractivity contribution in [3.05, 3.63) is 64.8 Å². The first kappa shape index (κ1) is 17.5. The van der Waals surface area contributed by atoms with Gasteiger partial charge in [-0.2, -0.15) is 9.36 Å². The molecule has 1 N–H and O–H groups in total. The Kier molecular flexibility index (Phi) is 4.54. The molecule has 2 aromatic heterocycles. The zero-order chi connectivity index (χ0) is 19.0. The predicted octanol–water partition coefficient (Wildman–Crippen LogP) is 4.77. The van der Waals surface area contributed by atoms with Crippen molar-refractivity contribution in [3.63, 3.8) is 0 Å². The molecule has 0 amide bonds. The Hall–Kier alpha value is -2.91. The monoisotopic (exact) mass is 404 g/mol. The van der Waals surface area contributed by atoms with Crippen molar-refractivity contribution in [1.82, 2.24) is 24.4 Å². The highest BCUT2D eigenvalue weighted by Gasteiger charge is 2.18. The van der Waals surface area contributed by atoms with Gasteiger partial charge in [-0.3, -0.25) is 0 Å². The molecule has 2 aromatic carbocycles. The molecule has 2 heterocycles. The number of hydrogen-bond acceptors (Lipinski definition) is 6. The summed E-state index contributed by atoms with van der Waals surface area (Å²) in [5.74, 6) is -0.826. The van der Waals surface area contributed by atoms with Crippen molar-refractivity contribution < 1.29 is 8.78 Å². The van der Waals surface area contributed by atoms with E-state index in [-0.39, 0.29) is 5.69 Å². The van der Waals surface area contributed by atoms with Gasteiger partial charge in [0.05, 0.1) is 5.69 Å². The molecular weight excluding hydrogens is 394 g/mol. The summed E-state index contributed by atoms with van der Waals surface area (Å²) in [4.78, 5) is 4.39. The van der Waals surface area contributed by atoms with Crippen LogP contribution < -0.4 is 5.32 Å². The summed E-state index contributed by atoms with van der Waals surface area (Å²) in [6, 6.07) is 10.3. The third kappa shape index (κ3) is 3.51. The first-order chi connectivity index (χ1) is 13.0. The number of anilines is 2. The molecular formula is C17H11ClF2N6S. The van der Waals surface area contributed by atoms with Crippen LogP contribution in [0.2, 0.25) is 5.02 Å². The molecule has 0 radical (unpaired) electrons. The van der Waals surface area contributed by atoms with Gasteiger partial charge in [0, 0.05) is 28.3 Å². The molecule has 4 aromatic rings. The fourth-order valence-electron chi connectivity index (χ4n) is 2.44. The van der Waals surface area contributed by atoms with Gasteiger partial charge in [-0.05, 0) is 43.3 Å². The number of aromatic nitrogens is 5. The number of nitrogens with zero attached hydrogens (tertiary/aromatic N) is 5. The van der Waals surface area contributed by atoms with Crippen molar-refractivity contribution >= 4 is 34.0 Å². The molecule has 136 valence electrons. The van der Waals surface area contributed by atoms with E-state index in [1.807, 2.05) is 12.1 Å². The highest BCUT2D eigenvalue weighted by atomic mass is 35.5. The van der Waals surface area contributed by atoms with E-state index in [4.69, 9.17) is 11.6 Å². The molecule has 27 heavy (non-hydrogen) atoms. The lowest BCUT2D eigenvalue weighted by Gasteiger charge is -2.04. The number of hydrogen-bond donors (Lipinski definition) is 1. The fraction of sp³-hybridized carbons (Fsp3) is 0.0588. The van der Waals surface area contributed by atoms with Crippen LogP contribution in [0.15, 0.2) is 42.5 Å². The van der Waals surface area contributed by atoms with Crippen LogP contribution in [0.5, 0.6) is 0 Å². The van der Waals surface area contributed by atoms with E-state index in [1.54, 1.807) is 19.1 Å². The van der Waals surface area contributed by atoms with Crippen molar-refractivity contribution in [2.24, 2.45) is 0 Å². The Labute approximate surface area is 161 Å². The van der Waals surface area contributed by atoms with E-state index < -0.39 is 11.6 Å². The van der Waals surface area contributed by atoms with Crippen LogP contribution in [0, 0.1) is 18.6 Å². The van der Waals surface area contributed by atoms with E-state index in [0.717, 1.165) is 35.4 Å². The van der Waals surface area contributed by atoms with Gasteiger partial charge in [0.25, 0.3) is 0 Å². The minimum Gasteiger partial charge on any atom is -0.330 e. The molecule has 0 bridgehead atoms. The molecule has 0 atom stereocenters. The normalized spacial score (nSPS) is 11.0. The second-order valence-corrected chi connectivity index (χ2v) is 6.77. The molecule has 4 rings (SSSR count). The minimum absolute atomic E-state index is 0.0269. The third-order valence-electron chi connectivity index (χ3n) is 3.76. The summed E-state index contributed by atoms with van der Waals surface area (Å²) >= 11 is 7.02. The second kappa shape index (κ2) is 7.01. The van der Waals surface area contributed by atoms with Gasteiger partial charge in [0.2, 0.25) is 5.13 Å². The van der Waals surface area contributed by atoms with E-state index in [0.29, 0.717) is 27.4 Å². The van der Waals surface area contributed by atoms with E-state index in [1.165, 1.54) is 4.68 Å². The maximum Gasteiger partial charge on any atom is 0.207 e. The van der Waals surface area contributed by atoms with Crippen LogP contribution >= 0.6 is 23.1 Å². The highest BCUT2D eigenvalue weighted by Crippen LogP contribution is 2.26. The van der Waals surface area contributed by atoms with Crippen molar-refractivity contribution in [3.8, 4) is 17.2 Å². The average Bonchev–Trinajstić information content (AvgIpc) is 3.25. The van der Waals surface area contributed by atoms with Gasteiger partial charge in [-0.1, -0.05) is 16.8 Å². The Bertz CT molecular complexity index is 1110. The Morgan fingerprint density at radius 2 is 1.89 bits per heavy atom. The number of rotatable bonds is 4. The molecule has 0 aliphatic heterocycles. The number of halogens is 3. The molecule has 0 aliphatic rings. The Morgan fingerprint density at radius 1 is 1.11 bits per heavy atom. The lowest BCUT2D eigenvalue weighted by molar-refractivity contribution is 0.582. The second-order valence-electron chi connectivity index (χ2n) is 5.59. The SMILES string of the molecule is Cc1c(-c2nsc(Nc3ccc(Cl)cc3)n2)nnn1-c1cc(F)ccc1F. The maximum absolute atomic E-state index is 14.0. The Balaban J connectivity index is 1.63. The molecule has 10 heteroatoms.